The number of carbonyl (C=O) groups excluding carboxylic acids is 1. The van der Waals surface area contributed by atoms with Gasteiger partial charge in [0.15, 0.2) is 0 Å². The summed E-state index contributed by atoms with van der Waals surface area (Å²) in [5.41, 5.74) is 2.38. The average Bonchev–Trinajstić information content (AvgIpc) is 2.70. The molecule has 0 saturated carbocycles. The number of halogens is 1. The minimum atomic E-state index is -0.826. The van der Waals surface area contributed by atoms with E-state index in [9.17, 15) is 14.9 Å². The summed E-state index contributed by atoms with van der Waals surface area (Å²) < 4.78 is 0. The minimum Gasteiger partial charge on any atom is -0.258 e. The van der Waals surface area contributed by atoms with Gasteiger partial charge in [-0.2, -0.15) is 10.1 Å². The molecule has 3 rings (SSSR count). The number of nitro groups is 1. The van der Waals surface area contributed by atoms with Crippen molar-refractivity contribution in [3.8, 4) is 0 Å². The van der Waals surface area contributed by atoms with Gasteiger partial charge in [-0.1, -0.05) is 60.7 Å². The first-order valence-corrected chi connectivity index (χ1v) is 8.37. The summed E-state index contributed by atoms with van der Waals surface area (Å²) in [6, 6.07) is 24.2. The van der Waals surface area contributed by atoms with Gasteiger partial charge < -0.3 is 0 Å². The van der Waals surface area contributed by atoms with Gasteiger partial charge in [0.1, 0.15) is 0 Å². The summed E-state index contributed by atoms with van der Waals surface area (Å²) in [4.78, 5) is 22.3. The number of amides is 1. The molecular weight excluding hydrogens is 366 g/mol. The minimum absolute atomic E-state index is 0.0870. The Balaban J connectivity index is 2.10. The Labute approximate surface area is 160 Å². The van der Waals surface area contributed by atoms with Crippen LogP contribution in [0, 0.1) is 10.1 Å². The number of non-ortho nitro benzene ring substituents is 1. The molecule has 0 N–H and O–H groups in total. The van der Waals surface area contributed by atoms with Crippen LogP contribution in [0.4, 0.5) is 16.2 Å². The predicted octanol–water partition coefficient (Wildman–Crippen LogP) is 5.21. The number of rotatable bonds is 5. The van der Waals surface area contributed by atoms with E-state index in [-0.39, 0.29) is 5.69 Å². The molecule has 0 aliphatic rings. The van der Waals surface area contributed by atoms with E-state index in [0.29, 0.717) is 11.4 Å². The van der Waals surface area contributed by atoms with Gasteiger partial charge in [-0.25, -0.2) is 0 Å². The molecule has 0 aliphatic carbocycles. The number of nitrogens with zero attached hydrogens (tertiary/aromatic N) is 3. The zero-order valence-corrected chi connectivity index (χ0v) is 14.8. The Morgan fingerprint density at radius 1 is 0.852 bits per heavy atom. The molecule has 0 heterocycles. The van der Waals surface area contributed by atoms with Crippen molar-refractivity contribution in [2.45, 2.75) is 0 Å². The van der Waals surface area contributed by atoms with Gasteiger partial charge in [-0.05, 0) is 23.7 Å². The molecule has 3 aromatic rings. The monoisotopic (exact) mass is 379 g/mol. The van der Waals surface area contributed by atoms with Gasteiger partial charge in [0.05, 0.1) is 16.3 Å². The van der Waals surface area contributed by atoms with Crippen LogP contribution in [0.15, 0.2) is 90.0 Å². The SMILES string of the molecule is O=C(Cl)N(N=C(c1ccccc1)c1ccccc1)c1ccc([N+](=O)[O-])cc1. The molecule has 0 fully saturated rings. The van der Waals surface area contributed by atoms with Crippen molar-refractivity contribution in [2.24, 2.45) is 5.10 Å². The number of hydrazone groups is 1. The molecule has 1 amide bonds. The third-order valence-electron chi connectivity index (χ3n) is 3.77. The van der Waals surface area contributed by atoms with Gasteiger partial charge in [0.2, 0.25) is 0 Å². The van der Waals surface area contributed by atoms with E-state index < -0.39 is 10.3 Å². The van der Waals surface area contributed by atoms with Crippen LogP contribution >= 0.6 is 11.6 Å². The lowest BCUT2D eigenvalue weighted by atomic mass is 10.0. The van der Waals surface area contributed by atoms with E-state index in [1.54, 1.807) is 0 Å². The number of anilines is 1. The predicted molar refractivity (Wildman–Crippen MR) is 105 cm³/mol. The normalized spacial score (nSPS) is 10.1. The third-order valence-corrected chi connectivity index (χ3v) is 3.93. The number of benzene rings is 3. The molecule has 3 aromatic carbocycles. The number of nitro benzene ring substituents is 1. The van der Waals surface area contributed by atoms with E-state index in [1.165, 1.54) is 24.3 Å². The second kappa shape index (κ2) is 8.25. The van der Waals surface area contributed by atoms with E-state index in [4.69, 9.17) is 11.6 Å². The van der Waals surface area contributed by atoms with Crippen LogP contribution in [0.1, 0.15) is 11.1 Å². The highest BCUT2D eigenvalue weighted by Gasteiger charge is 2.17. The van der Waals surface area contributed by atoms with E-state index in [2.05, 4.69) is 5.10 Å². The smallest absolute Gasteiger partial charge is 0.258 e. The molecule has 0 spiro atoms. The van der Waals surface area contributed by atoms with Crippen molar-refractivity contribution in [2.75, 3.05) is 5.01 Å². The van der Waals surface area contributed by atoms with Gasteiger partial charge in [0, 0.05) is 23.3 Å². The number of hydrogen-bond acceptors (Lipinski definition) is 4. The maximum atomic E-state index is 12.0. The summed E-state index contributed by atoms with van der Waals surface area (Å²) in [5.74, 6) is 0. The summed E-state index contributed by atoms with van der Waals surface area (Å²) in [6.45, 7) is 0. The summed E-state index contributed by atoms with van der Waals surface area (Å²) in [5, 5.41) is 15.5. The van der Waals surface area contributed by atoms with Gasteiger partial charge in [-0.15, -0.1) is 0 Å². The second-order valence-corrected chi connectivity index (χ2v) is 5.84. The van der Waals surface area contributed by atoms with Crippen LogP contribution in [0.2, 0.25) is 0 Å². The van der Waals surface area contributed by atoms with Crippen molar-refractivity contribution in [1.82, 2.24) is 0 Å². The highest BCUT2D eigenvalue weighted by molar-refractivity contribution is 6.66. The van der Waals surface area contributed by atoms with Gasteiger partial charge in [-0.3, -0.25) is 14.9 Å². The Hall–Kier alpha value is -3.51. The van der Waals surface area contributed by atoms with Crippen molar-refractivity contribution in [1.29, 1.82) is 0 Å². The van der Waals surface area contributed by atoms with Crippen molar-refractivity contribution in [3.05, 3.63) is 106 Å². The Morgan fingerprint density at radius 2 is 1.33 bits per heavy atom. The average molecular weight is 380 g/mol. The lowest BCUT2D eigenvalue weighted by Crippen LogP contribution is -2.22. The lowest BCUT2D eigenvalue weighted by molar-refractivity contribution is -0.384. The standard InChI is InChI=1S/C20H14ClN3O3/c21-20(25)23(17-11-13-18(14-12-17)24(26)27)22-19(15-7-3-1-4-8-15)16-9-5-2-6-10-16/h1-14H. The first kappa shape index (κ1) is 18.3. The highest BCUT2D eigenvalue weighted by atomic mass is 35.5. The Kier molecular flexibility index (Phi) is 5.58. The first-order valence-electron chi connectivity index (χ1n) is 8.00. The highest BCUT2D eigenvalue weighted by Crippen LogP contribution is 2.23. The summed E-state index contributed by atoms with van der Waals surface area (Å²) in [7, 11) is 0. The van der Waals surface area contributed by atoms with Gasteiger partial charge in [0.25, 0.3) is 5.69 Å². The molecule has 6 nitrogen and oxygen atoms in total. The fraction of sp³-hybridized carbons (Fsp3) is 0. The van der Waals surface area contributed by atoms with Crippen molar-refractivity contribution >= 4 is 34.1 Å². The molecular formula is C20H14ClN3O3. The number of hydrogen-bond donors (Lipinski definition) is 0. The molecule has 0 bridgehead atoms. The third kappa shape index (κ3) is 4.37. The lowest BCUT2D eigenvalue weighted by Gasteiger charge is -2.17. The summed E-state index contributed by atoms with van der Waals surface area (Å²) >= 11 is 5.75. The molecule has 7 heteroatoms. The molecule has 0 aliphatic heterocycles. The van der Waals surface area contributed by atoms with Crippen LogP contribution in [-0.2, 0) is 0 Å². The fourth-order valence-corrected chi connectivity index (χ4v) is 2.62. The largest absolute Gasteiger partial charge is 0.341 e. The van der Waals surface area contributed by atoms with Crippen LogP contribution in [0.3, 0.4) is 0 Å². The first-order chi connectivity index (χ1) is 13.1. The molecule has 134 valence electrons. The molecule has 27 heavy (non-hydrogen) atoms. The van der Waals surface area contributed by atoms with Crippen LogP contribution < -0.4 is 5.01 Å². The van der Waals surface area contributed by atoms with Crippen LogP contribution in [0.5, 0.6) is 0 Å². The zero-order valence-electron chi connectivity index (χ0n) is 14.0. The fourth-order valence-electron chi connectivity index (χ4n) is 2.49. The molecule has 0 atom stereocenters. The Bertz CT molecular complexity index is 933. The van der Waals surface area contributed by atoms with E-state index in [0.717, 1.165) is 16.1 Å². The van der Waals surface area contributed by atoms with Crippen LogP contribution in [-0.4, -0.2) is 16.0 Å². The molecule has 0 saturated heterocycles. The van der Waals surface area contributed by atoms with E-state index in [1.807, 2.05) is 60.7 Å². The van der Waals surface area contributed by atoms with E-state index >= 15 is 0 Å². The van der Waals surface area contributed by atoms with Gasteiger partial charge >= 0.3 is 5.37 Å². The zero-order chi connectivity index (χ0) is 19.2. The van der Waals surface area contributed by atoms with Crippen LogP contribution in [0.25, 0.3) is 0 Å². The Morgan fingerprint density at radius 3 is 1.74 bits per heavy atom. The van der Waals surface area contributed by atoms with Crippen molar-refractivity contribution < 1.29 is 9.72 Å². The molecule has 0 aromatic heterocycles. The molecule has 0 radical (unpaired) electrons. The summed E-state index contributed by atoms with van der Waals surface area (Å²) in [6.07, 6.45) is 0. The maximum Gasteiger partial charge on any atom is 0.341 e. The quantitative estimate of drug-likeness (QED) is 0.201. The molecule has 0 unspecified atom stereocenters. The second-order valence-electron chi connectivity index (χ2n) is 5.52. The topological polar surface area (TPSA) is 75.8 Å². The maximum absolute atomic E-state index is 12.0. The number of carbonyl (C=O) groups is 1. The van der Waals surface area contributed by atoms with Crippen molar-refractivity contribution in [3.63, 3.8) is 0 Å².